The second kappa shape index (κ2) is 7.22. The standard InChI is InChI=1S/C29H24/c1-3-5-9-20(4-2)24-16-12-22-15-19-27-25(21-10-7-6-8-11-21)17-13-23-14-18-26(24)28(22)29(23)27/h4-19H,3H2,1-2H3/b9-5-,20-4+. The van der Waals surface area contributed by atoms with Crippen molar-refractivity contribution in [1.29, 1.82) is 0 Å². The van der Waals surface area contributed by atoms with Crippen LogP contribution >= 0.6 is 0 Å². The van der Waals surface area contributed by atoms with Crippen molar-refractivity contribution in [3.63, 3.8) is 0 Å². The fourth-order valence-corrected chi connectivity index (χ4v) is 4.51. The van der Waals surface area contributed by atoms with E-state index in [2.05, 4.69) is 111 Å². The second-order valence-corrected chi connectivity index (χ2v) is 7.57. The van der Waals surface area contributed by atoms with Crippen LogP contribution in [0.3, 0.4) is 0 Å². The molecular weight excluding hydrogens is 348 g/mol. The van der Waals surface area contributed by atoms with E-state index in [1.165, 1.54) is 54.6 Å². The highest BCUT2D eigenvalue weighted by atomic mass is 14.2. The van der Waals surface area contributed by atoms with Crippen molar-refractivity contribution in [3.8, 4) is 11.1 Å². The van der Waals surface area contributed by atoms with Gasteiger partial charge in [-0.3, -0.25) is 0 Å². The van der Waals surface area contributed by atoms with Gasteiger partial charge in [-0.15, -0.1) is 0 Å². The quantitative estimate of drug-likeness (QED) is 0.219. The Morgan fingerprint density at radius 2 is 1.38 bits per heavy atom. The maximum atomic E-state index is 2.30. The lowest BCUT2D eigenvalue weighted by Crippen LogP contribution is -1.90. The molecule has 0 nitrogen and oxygen atoms in total. The summed E-state index contributed by atoms with van der Waals surface area (Å²) in [5.41, 5.74) is 5.16. The summed E-state index contributed by atoms with van der Waals surface area (Å²) in [6.45, 7) is 4.31. The molecule has 0 amide bonds. The summed E-state index contributed by atoms with van der Waals surface area (Å²) in [5, 5.41) is 8.02. The molecule has 0 bridgehead atoms. The third kappa shape index (κ3) is 2.84. The number of hydrogen-bond donors (Lipinski definition) is 0. The molecule has 5 aromatic rings. The van der Waals surface area contributed by atoms with E-state index in [0.717, 1.165) is 6.42 Å². The molecule has 0 spiro atoms. The molecule has 0 aliphatic carbocycles. The lowest BCUT2D eigenvalue weighted by atomic mass is 9.87. The van der Waals surface area contributed by atoms with E-state index < -0.39 is 0 Å². The first-order chi connectivity index (χ1) is 14.3. The topological polar surface area (TPSA) is 0 Å². The van der Waals surface area contributed by atoms with E-state index in [1.807, 2.05) is 0 Å². The van der Waals surface area contributed by atoms with Gasteiger partial charge >= 0.3 is 0 Å². The van der Waals surface area contributed by atoms with Crippen LogP contribution in [-0.4, -0.2) is 0 Å². The summed E-state index contributed by atoms with van der Waals surface area (Å²) in [6, 6.07) is 28.9. The third-order valence-electron chi connectivity index (χ3n) is 5.90. The van der Waals surface area contributed by atoms with Gasteiger partial charge in [0, 0.05) is 0 Å². The molecule has 0 saturated heterocycles. The average Bonchev–Trinajstić information content (AvgIpc) is 2.79. The van der Waals surface area contributed by atoms with Gasteiger partial charge in [-0.1, -0.05) is 104 Å². The average molecular weight is 373 g/mol. The molecule has 0 fully saturated rings. The number of benzene rings is 5. The predicted molar refractivity (Wildman–Crippen MR) is 129 cm³/mol. The molecule has 0 atom stereocenters. The van der Waals surface area contributed by atoms with Gasteiger partial charge in [-0.25, -0.2) is 0 Å². The monoisotopic (exact) mass is 372 g/mol. The van der Waals surface area contributed by atoms with Crippen molar-refractivity contribution in [2.45, 2.75) is 20.3 Å². The van der Waals surface area contributed by atoms with Gasteiger partial charge in [-0.2, -0.15) is 0 Å². The molecule has 140 valence electrons. The van der Waals surface area contributed by atoms with E-state index in [9.17, 15) is 0 Å². The van der Waals surface area contributed by atoms with Crippen LogP contribution in [0.1, 0.15) is 25.8 Å². The SMILES string of the molecule is C/C=C(\C=C/CC)c1ccc2ccc3c(-c4ccccc4)ccc4ccc1c2c43. The molecule has 0 aliphatic rings. The van der Waals surface area contributed by atoms with Crippen LogP contribution in [0, 0.1) is 0 Å². The van der Waals surface area contributed by atoms with Crippen LogP contribution in [0.2, 0.25) is 0 Å². The summed E-state index contributed by atoms with van der Waals surface area (Å²) in [6.07, 6.45) is 7.75. The van der Waals surface area contributed by atoms with Crippen LogP contribution in [0.4, 0.5) is 0 Å². The summed E-state index contributed by atoms with van der Waals surface area (Å²) in [7, 11) is 0. The summed E-state index contributed by atoms with van der Waals surface area (Å²) in [5.74, 6) is 0. The van der Waals surface area contributed by atoms with Crippen molar-refractivity contribution in [3.05, 3.63) is 103 Å². The molecule has 0 heteroatoms. The molecule has 0 radical (unpaired) electrons. The van der Waals surface area contributed by atoms with Gasteiger partial charge in [0.05, 0.1) is 0 Å². The Kier molecular flexibility index (Phi) is 4.41. The lowest BCUT2D eigenvalue weighted by Gasteiger charge is -2.16. The number of allylic oxidation sites excluding steroid dienone is 4. The van der Waals surface area contributed by atoms with E-state index in [0.29, 0.717) is 0 Å². The van der Waals surface area contributed by atoms with Crippen LogP contribution in [0.5, 0.6) is 0 Å². The first kappa shape index (κ1) is 17.7. The van der Waals surface area contributed by atoms with Gasteiger partial charge in [-0.05, 0) is 67.9 Å². The summed E-state index contributed by atoms with van der Waals surface area (Å²) in [4.78, 5) is 0. The Hall–Kier alpha value is -3.38. The van der Waals surface area contributed by atoms with Crippen LogP contribution in [-0.2, 0) is 0 Å². The first-order valence-electron chi connectivity index (χ1n) is 10.4. The fourth-order valence-electron chi connectivity index (χ4n) is 4.51. The van der Waals surface area contributed by atoms with Crippen LogP contribution < -0.4 is 0 Å². The Labute approximate surface area is 172 Å². The minimum atomic E-state index is 1.05. The Morgan fingerprint density at radius 3 is 2.10 bits per heavy atom. The van der Waals surface area contributed by atoms with E-state index in [-0.39, 0.29) is 0 Å². The number of hydrogen-bond acceptors (Lipinski definition) is 0. The molecule has 0 saturated carbocycles. The fraction of sp³-hybridized carbons (Fsp3) is 0.103. The van der Waals surface area contributed by atoms with Crippen molar-refractivity contribution in [2.75, 3.05) is 0 Å². The Balaban J connectivity index is 1.88. The molecule has 0 aliphatic heterocycles. The van der Waals surface area contributed by atoms with Crippen molar-refractivity contribution >= 4 is 37.9 Å². The Morgan fingerprint density at radius 1 is 0.724 bits per heavy atom. The van der Waals surface area contributed by atoms with Gasteiger partial charge in [0.15, 0.2) is 0 Å². The minimum Gasteiger partial charge on any atom is -0.0842 e. The molecule has 29 heavy (non-hydrogen) atoms. The zero-order valence-electron chi connectivity index (χ0n) is 16.9. The molecule has 0 unspecified atom stereocenters. The third-order valence-corrected chi connectivity index (χ3v) is 5.90. The first-order valence-corrected chi connectivity index (χ1v) is 10.4. The van der Waals surface area contributed by atoms with Gasteiger partial charge < -0.3 is 0 Å². The van der Waals surface area contributed by atoms with E-state index >= 15 is 0 Å². The smallest absolute Gasteiger partial charge is 0.00203 e. The maximum Gasteiger partial charge on any atom is -0.00203 e. The van der Waals surface area contributed by atoms with E-state index in [1.54, 1.807) is 0 Å². The van der Waals surface area contributed by atoms with Crippen molar-refractivity contribution < 1.29 is 0 Å². The molecule has 0 heterocycles. The molecular formula is C29H24. The second-order valence-electron chi connectivity index (χ2n) is 7.57. The highest BCUT2D eigenvalue weighted by Crippen LogP contribution is 2.41. The van der Waals surface area contributed by atoms with Crippen LogP contribution in [0.25, 0.3) is 49.0 Å². The highest BCUT2D eigenvalue weighted by Gasteiger charge is 2.14. The zero-order valence-corrected chi connectivity index (χ0v) is 16.9. The molecule has 0 N–H and O–H groups in total. The van der Waals surface area contributed by atoms with Crippen molar-refractivity contribution in [2.24, 2.45) is 0 Å². The number of rotatable bonds is 4. The van der Waals surface area contributed by atoms with Crippen molar-refractivity contribution in [1.82, 2.24) is 0 Å². The molecule has 5 rings (SSSR count). The van der Waals surface area contributed by atoms with Crippen LogP contribution in [0.15, 0.2) is 97.1 Å². The summed E-state index contributed by atoms with van der Waals surface area (Å²) >= 11 is 0. The minimum absolute atomic E-state index is 1.05. The highest BCUT2D eigenvalue weighted by molar-refractivity contribution is 6.26. The van der Waals surface area contributed by atoms with Gasteiger partial charge in [0.2, 0.25) is 0 Å². The molecule has 5 aromatic carbocycles. The molecule has 0 aromatic heterocycles. The zero-order chi connectivity index (χ0) is 19.8. The van der Waals surface area contributed by atoms with Gasteiger partial charge in [0.1, 0.15) is 0 Å². The normalized spacial score (nSPS) is 12.7. The lowest BCUT2D eigenvalue weighted by molar-refractivity contribution is 1.22. The van der Waals surface area contributed by atoms with Gasteiger partial charge in [0.25, 0.3) is 0 Å². The predicted octanol–water partition coefficient (Wildman–Crippen LogP) is 8.62. The summed E-state index contributed by atoms with van der Waals surface area (Å²) < 4.78 is 0. The largest absolute Gasteiger partial charge is 0.0842 e. The Bertz CT molecular complexity index is 1370. The maximum absolute atomic E-state index is 2.30. The van der Waals surface area contributed by atoms with E-state index in [4.69, 9.17) is 0 Å².